The van der Waals surface area contributed by atoms with Crippen LogP contribution in [-0.4, -0.2) is 60.4 Å². The molecule has 40 heavy (non-hydrogen) atoms. The van der Waals surface area contributed by atoms with Gasteiger partial charge in [0.05, 0.1) is 29.1 Å². The topological polar surface area (TPSA) is 181 Å². The van der Waals surface area contributed by atoms with Gasteiger partial charge in [-0.2, -0.15) is 5.10 Å². The molecule has 0 fully saturated rings. The number of primary amides is 1. The molecule has 0 saturated heterocycles. The Labute approximate surface area is 228 Å². The molecule has 1 aliphatic heterocycles. The Kier molecular flexibility index (Phi) is 7.57. The number of carbonyl (C=O) groups is 3. The number of nitrogens with one attached hydrogen (secondary N) is 2. The quantitative estimate of drug-likeness (QED) is 0.251. The number of rotatable bonds is 10. The van der Waals surface area contributed by atoms with Crippen molar-refractivity contribution in [1.82, 2.24) is 34.6 Å². The van der Waals surface area contributed by atoms with Crippen LogP contribution in [-0.2, 0) is 17.9 Å². The van der Waals surface area contributed by atoms with Gasteiger partial charge in [0.2, 0.25) is 11.9 Å². The van der Waals surface area contributed by atoms with E-state index in [-0.39, 0.29) is 30.7 Å². The molecule has 3 amide bonds. The number of imidazole rings is 1. The van der Waals surface area contributed by atoms with Gasteiger partial charge in [0, 0.05) is 31.0 Å². The second kappa shape index (κ2) is 11.4. The minimum absolute atomic E-state index is 0.0206. The fourth-order valence-corrected chi connectivity index (χ4v) is 4.62. The van der Waals surface area contributed by atoms with Crippen LogP contribution in [0.25, 0.3) is 11.0 Å². The standard InChI is InChI=1S/C26H29N9O5/c1-3-34-20(9-15(2)33-34)24(37)32-25-31-19-10-16(23(27)36)11-21-22(19)35(25)18(14-39-21)5-4-6-30-26(38)40-13-17-12-28-7-8-29-17/h7-12,18H,3-6,13-14H2,1-2H3,(H2,27,36)(H,30,38)(H,31,32,37)/t18-/m0/s1. The van der Waals surface area contributed by atoms with Gasteiger partial charge >= 0.3 is 6.09 Å². The zero-order chi connectivity index (χ0) is 28.2. The molecule has 1 atom stereocenters. The average molecular weight is 548 g/mol. The molecular formula is C26H29N9O5. The first kappa shape index (κ1) is 26.6. The fourth-order valence-electron chi connectivity index (χ4n) is 4.62. The summed E-state index contributed by atoms with van der Waals surface area (Å²) in [5.74, 6) is -0.197. The minimum atomic E-state index is -0.608. The van der Waals surface area contributed by atoms with E-state index in [4.69, 9.17) is 15.2 Å². The van der Waals surface area contributed by atoms with Gasteiger partial charge in [-0.1, -0.05) is 0 Å². The number of aromatic nitrogens is 6. The lowest BCUT2D eigenvalue weighted by atomic mass is 10.1. The third-order valence-electron chi connectivity index (χ3n) is 6.44. The Morgan fingerprint density at radius 1 is 1.23 bits per heavy atom. The number of hydrogen-bond acceptors (Lipinski definition) is 9. The first-order chi connectivity index (χ1) is 19.3. The molecule has 0 unspecified atom stereocenters. The Hall–Kier alpha value is -5.01. The molecule has 0 bridgehead atoms. The third-order valence-corrected chi connectivity index (χ3v) is 6.44. The van der Waals surface area contributed by atoms with Gasteiger partial charge in [-0.15, -0.1) is 0 Å². The van der Waals surface area contributed by atoms with Crippen molar-refractivity contribution in [2.75, 3.05) is 18.5 Å². The molecule has 14 nitrogen and oxygen atoms in total. The van der Waals surface area contributed by atoms with Crippen LogP contribution in [0.15, 0.2) is 36.8 Å². The highest BCUT2D eigenvalue weighted by atomic mass is 16.5. The zero-order valence-corrected chi connectivity index (χ0v) is 22.1. The lowest BCUT2D eigenvalue weighted by molar-refractivity contribution is 0.0995. The summed E-state index contributed by atoms with van der Waals surface area (Å²) in [5.41, 5.74) is 8.56. The number of benzene rings is 1. The monoisotopic (exact) mass is 547 g/mol. The molecular weight excluding hydrogens is 518 g/mol. The molecule has 0 saturated carbocycles. The smallest absolute Gasteiger partial charge is 0.407 e. The van der Waals surface area contributed by atoms with Crippen molar-refractivity contribution in [3.05, 3.63) is 59.4 Å². The van der Waals surface area contributed by atoms with Gasteiger partial charge in [-0.05, 0) is 44.9 Å². The summed E-state index contributed by atoms with van der Waals surface area (Å²) in [6.45, 7) is 4.91. The summed E-state index contributed by atoms with van der Waals surface area (Å²) in [6.07, 6.45) is 5.23. The van der Waals surface area contributed by atoms with Gasteiger partial charge in [0.1, 0.15) is 30.2 Å². The molecule has 4 N–H and O–H groups in total. The summed E-state index contributed by atoms with van der Waals surface area (Å²) < 4.78 is 14.7. The minimum Gasteiger partial charge on any atom is -0.489 e. The molecule has 3 aromatic heterocycles. The van der Waals surface area contributed by atoms with Crippen LogP contribution in [0.2, 0.25) is 0 Å². The van der Waals surface area contributed by atoms with Crippen molar-refractivity contribution in [2.24, 2.45) is 5.73 Å². The van der Waals surface area contributed by atoms with Crippen LogP contribution in [0.4, 0.5) is 10.7 Å². The van der Waals surface area contributed by atoms with E-state index in [1.54, 1.807) is 29.1 Å². The Bertz CT molecular complexity index is 1560. The largest absolute Gasteiger partial charge is 0.489 e. The third kappa shape index (κ3) is 5.55. The van der Waals surface area contributed by atoms with E-state index in [9.17, 15) is 14.4 Å². The van der Waals surface area contributed by atoms with Gasteiger partial charge in [-0.3, -0.25) is 29.6 Å². The fraction of sp³-hybridized carbons (Fsp3) is 0.346. The van der Waals surface area contributed by atoms with E-state index in [2.05, 4.69) is 30.7 Å². The van der Waals surface area contributed by atoms with Crippen molar-refractivity contribution in [3.8, 4) is 5.75 Å². The van der Waals surface area contributed by atoms with E-state index in [0.717, 1.165) is 5.69 Å². The maximum atomic E-state index is 13.2. The maximum Gasteiger partial charge on any atom is 0.407 e. The van der Waals surface area contributed by atoms with Gasteiger partial charge in [0.15, 0.2) is 0 Å². The summed E-state index contributed by atoms with van der Waals surface area (Å²) in [5, 5.41) is 9.99. The van der Waals surface area contributed by atoms with Crippen LogP contribution in [0.1, 0.15) is 58.0 Å². The number of carbonyl (C=O) groups excluding carboxylic acids is 3. The molecule has 14 heteroatoms. The van der Waals surface area contributed by atoms with E-state index in [1.165, 1.54) is 12.4 Å². The summed E-state index contributed by atoms with van der Waals surface area (Å²) in [6, 6.07) is 4.66. The summed E-state index contributed by atoms with van der Waals surface area (Å²) in [7, 11) is 0. The predicted octanol–water partition coefficient (Wildman–Crippen LogP) is 2.34. The molecule has 5 rings (SSSR count). The van der Waals surface area contributed by atoms with Crippen LogP contribution >= 0.6 is 0 Å². The summed E-state index contributed by atoms with van der Waals surface area (Å²) >= 11 is 0. The van der Waals surface area contributed by atoms with Crippen LogP contribution < -0.4 is 21.1 Å². The van der Waals surface area contributed by atoms with E-state index in [0.29, 0.717) is 60.1 Å². The number of alkyl carbamates (subject to hydrolysis) is 1. The van der Waals surface area contributed by atoms with E-state index < -0.39 is 12.0 Å². The Balaban J connectivity index is 1.32. The highest BCUT2D eigenvalue weighted by Crippen LogP contribution is 2.38. The molecule has 0 radical (unpaired) electrons. The Morgan fingerprint density at radius 2 is 2.08 bits per heavy atom. The molecule has 4 heterocycles. The van der Waals surface area contributed by atoms with Gasteiger partial charge < -0.3 is 25.1 Å². The number of amides is 3. The molecule has 1 aliphatic rings. The number of anilines is 1. The molecule has 0 spiro atoms. The van der Waals surface area contributed by atoms with Crippen molar-refractivity contribution < 1.29 is 23.9 Å². The average Bonchev–Trinajstić information content (AvgIpc) is 3.52. The number of aryl methyl sites for hydroxylation is 2. The van der Waals surface area contributed by atoms with Crippen LogP contribution in [0.5, 0.6) is 5.75 Å². The van der Waals surface area contributed by atoms with Crippen molar-refractivity contribution in [3.63, 3.8) is 0 Å². The van der Waals surface area contributed by atoms with Crippen molar-refractivity contribution >= 4 is 34.9 Å². The highest BCUT2D eigenvalue weighted by Gasteiger charge is 2.29. The normalized spacial score (nSPS) is 14.0. The first-order valence-corrected chi connectivity index (χ1v) is 12.8. The van der Waals surface area contributed by atoms with Crippen LogP contribution in [0.3, 0.4) is 0 Å². The predicted molar refractivity (Wildman–Crippen MR) is 143 cm³/mol. The molecule has 1 aromatic carbocycles. The Morgan fingerprint density at radius 3 is 2.83 bits per heavy atom. The molecule has 0 aliphatic carbocycles. The lowest BCUT2D eigenvalue weighted by Crippen LogP contribution is -2.28. The second-order valence-electron chi connectivity index (χ2n) is 9.26. The second-order valence-corrected chi connectivity index (χ2v) is 9.26. The maximum absolute atomic E-state index is 13.2. The highest BCUT2D eigenvalue weighted by molar-refractivity contribution is 6.04. The van der Waals surface area contributed by atoms with Gasteiger partial charge in [0.25, 0.3) is 5.91 Å². The van der Waals surface area contributed by atoms with Crippen LogP contribution in [0, 0.1) is 6.92 Å². The SMILES string of the molecule is CCn1nc(C)cc1C(=O)Nc1nc2cc(C(N)=O)cc3c2n1[C@@H](CCCNC(=O)OCc1cnccn1)CO3. The van der Waals surface area contributed by atoms with E-state index >= 15 is 0 Å². The molecule has 4 aromatic rings. The van der Waals surface area contributed by atoms with Crippen molar-refractivity contribution in [1.29, 1.82) is 0 Å². The number of nitrogens with zero attached hydrogens (tertiary/aromatic N) is 6. The molecule has 208 valence electrons. The first-order valence-electron chi connectivity index (χ1n) is 12.8. The zero-order valence-electron chi connectivity index (χ0n) is 22.1. The number of nitrogens with two attached hydrogens (primary N) is 1. The number of hydrogen-bond donors (Lipinski definition) is 3. The van der Waals surface area contributed by atoms with Crippen molar-refractivity contribution in [2.45, 2.75) is 45.9 Å². The van der Waals surface area contributed by atoms with Gasteiger partial charge in [-0.25, -0.2) is 9.78 Å². The summed E-state index contributed by atoms with van der Waals surface area (Å²) in [4.78, 5) is 49.8. The number of ether oxygens (including phenoxy) is 2. The lowest BCUT2D eigenvalue weighted by Gasteiger charge is -2.27. The van der Waals surface area contributed by atoms with E-state index in [1.807, 2.05) is 18.4 Å².